The second kappa shape index (κ2) is 7.00. The zero-order valence-corrected chi connectivity index (χ0v) is 12.4. The van der Waals surface area contributed by atoms with E-state index in [9.17, 15) is 8.42 Å². The summed E-state index contributed by atoms with van der Waals surface area (Å²) >= 11 is 0. The maximum Gasteiger partial charge on any atom is 0.240 e. The van der Waals surface area contributed by atoms with Gasteiger partial charge < -0.3 is 10.4 Å². The first-order chi connectivity index (χ1) is 8.83. The van der Waals surface area contributed by atoms with Crippen molar-refractivity contribution >= 4 is 10.0 Å². The van der Waals surface area contributed by atoms with Gasteiger partial charge in [-0.15, -0.1) is 0 Å². The van der Waals surface area contributed by atoms with E-state index in [-0.39, 0.29) is 0 Å². The van der Waals surface area contributed by atoms with Gasteiger partial charge in [0, 0.05) is 19.6 Å². The summed E-state index contributed by atoms with van der Waals surface area (Å²) in [5, 5.41) is 12.0. The van der Waals surface area contributed by atoms with Crippen LogP contribution in [-0.2, 0) is 10.0 Å². The number of benzene rings is 1. The number of aliphatic hydroxyl groups excluding tert-OH is 1. The second-order valence-electron chi connectivity index (χ2n) is 4.72. The Labute approximate surface area is 115 Å². The lowest BCUT2D eigenvalue weighted by atomic mass is 10.2. The summed E-state index contributed by atoms with van der Waals surface area (Å²) in [6.07, 6.45) is -0.434. The van der Waals surface area contributed by atoms with Crippen molar-refractivity contribution in [1.82, 2.24) is 10.0 Å². The van der Waals surface area contributed by atoms with Crippen LogP contribution in [-0.4, -0.2) is 39.3 Å². The molecule has 0 amide bonds. The molecule has 0 heterocycles. The van der Waals surface area contributed by atoms with Crippen molar-refractivity contribution in [3.8, 4) is 0 Å². The molecule has 1 atom stereocenters. The van der Waals surface area contributed by atoms with Crippen LogP contribution >= 0.6 is 0 Å². The van der Waals surface area contributed by atoms with Gasteiger partial charge >= 0.3 is 0 Å². The number of aliphatic hydroxyl groups is 1. The van der Waals surface area contributed by atoms with Crippen molar-refractivity contribution in [3.05, 3.63) is 29.3 Å². The number of sulfonamides is 1. The van der Waals surface area contributed by atoms with Crippen molar-refractivity contribution in [2.75, 3.05) is 19.6 Å². The largest absolute Gasteiger partial charge is 0.392 e. The summed E-state index contributed by atoms with van der Waals surface area (Å²) in [5.74, 6) is 0. The second-order valence-corrected chi connectivity index (χ2v) is 6.46. The topological polar surface area (TPSA) is 78.4 Å². The molecule has 0 saturated heterocycles. The average Bonchev–Trinajstić information content (AvgIpc) is 2.27. The SMILES string of the molecule is Cc1ccc(S(=O)(=O)NCCNCC(C)O)c(C)c1. The predicted molar refractivity (Wildman–Crippen MR) is 75.7 cm³/mol. The Morgan fingerprint density at radius 1 is 1.26 bits per heavy atom. The lowest BCUT2D eigenvalue weighted by molar-refractivity contribution is 0.192. The zero-order valence-electron chi connectivity index (χ0n) is 11.6. The zero-order chi connectivity index (χ0) is 14.5. The van der Waals surface area contributed by atoms with Crippen LogP contribution in [0, 0.1) is 13.8 Å². The van der Waals surface area contributed by atoms with Crippen LogP contribution in [0.25, 0.3) is 0 Å². The van der Waals surface area contributed by atoms with Crippen LogP contribution < -0.4 is 10.0 Å². The van der Waals surface area contributed by atoms with Gasteiger partial charge in [-0.05, 0) is 32.4 Å². The monoisotopic (exact) mass is 286 g/mol. The molecule has 0 fully saturated rings. The highest BCUT2D eigenvalue weighted by atomic mass is 32.2. The van der Waals surface area contributed by atoms with E-state index in [1.807, 2.05) is 13.0 Å². The van der Waals surface area contributed by atoms with Gasteiger partial charge in [0.15, 0.2) is 0 Å². The number of hydrogen-bond donors (Lipinski definition) is 3. The molecule has 0 aliphatic heterocycles. The normalized spacial score (nSPS) is 13.5. The van der Waals surface area contributed by atoms with Crippen LogP contribution in [0.5, 0.6) is 0 Å². The molecule has 6 heteroatoms. The third kappa shape index (κ3) is 5.28. The van der Waals surface area contributed by atoms with Crippen molar-refractivity contribution in [1.29, 1.82) is 0 Å². The van der Waals surface area contributed by atoms with Gasteiger partial charge in [-0.3, -0.25) is 0 Å². The molecule has 1 aromatic carbocycles. The molecule has 3 N–H and O–H groups in total. The molecule has 0 spiro atoms. The molecule has 1 aromatic rings. The molecule has 0 aromatic heterocycles. The summed E-state index contributed by atoms with van der Waals surface area (Å²) < 4.78 is 26.7. The van der Waals surface area contributed by atoms with Crippen LogP contribution in [0.4, 0.5) is 0 Å². The highest BCUT2D eigenvalue weighted by Gasteiger charge is 2.15. The van der Waals surface area contributed by atoms with E-state index in [1.54, 1.807) is 26.0 Å². The minimum Gasteiger partial charge on any atom is -0.392 e. The molecule has 0 aliphatic carbocycles. The van der Waals surface area contributed by atoms with E-state index in [1.165, 1.54) is 0 Å². The third-order valence-corrected chi connectivity index (χ3v) is 4.27. The van der Waals surface area contributed by atoms with Crippen molar-refractivity contribution in [3.63, 3.8) is 0 Å². The van der Waals surface area contributed by atoms with Gasteiger partial charge in [-0.1, -0.05) is 17.7 Å². The Morgan fingerprint density at radius 3 is 2.53 bits per heavy atom. The number of nitrogens with one attached hydrogen (secondary N) is 2. The van der Waals surface area contributed by atoms with Crippen LogP contribution in [0.1, 0.15) is 18.1 Å². The smallest absolute Gasteiger partial charge is 0.240 e. The quantitative estimate of drug-likeness (QED) is 0.640. The fourth-order valence-electron chi connectivity index (χ4n) is 1.76. The van der Waals surface area contributed by atoms with Crippen LogP contribution in [0.3, 0.4) is 0 Å². The van der Waals surface area contributed by atoms with Crippen molar-refractivity contribution in [2.45, 2.75) is 31.8 Å². The summed E-state index contributed by atoms with van der Waals surface area (Å²) in [6, 6.07) is 5.25. The molecule has 1 unspecified atom stereocenters. The molecule has 1 rings (SSSR count). The molecular weight excluding hydrogens is 264 g/mol. The average molecular weight is 286 g/mol. The predicted octanol–water partition coefficient (Wildman–Crippen LogP) is 0.552. The maximum absolute atomic E-state index is 12.1. The fraction of sp³-hybridized carbons (Fsp3) is 0.538. The Kier molecular flexibility index (Phi) is 5.93. The van der Waals surface area contributed by atoms with Crippen molar-refractivity contribution in [2.24, 2.45) is 0 Å². The Bertz CT molecular complexity index is 513. The lowest BCUT2D eigenvalue weighted by Gasteiger charge is -2.11. The first-order valence-electron chi connectivity index (χ1n) is 6.28. The molecule has 5 nitrogen and oxygen atoms in total. The maximum atomic E-state index is 12.1. The Balaban J connectivity index is 2.56. The number of hydrogen-bond acceptors (Lipinski definition) is 4. The lowest BCUT2D eigenvalue weighted by Crippen LogP contribution is -2.34. The van der Waals surface area contributed by atoms with E-state index in [4.69, 9.17) is 5.11 Å². The number of rotatable bonds is 7. The van der Waals surface area contributed by atoms with Crippen LogP contribution in [0.2, 0.25) is 0 Å². The van der Waals surface area contributed by atoms with Gasteiger partial charge in [0.25, 0.3) is 0 Å². The molecule has 0 radical (unpaired) electrons. The first kappa shape index (κ1) is 16.1. The highest BCUT2D eigenvalue weighted by Crippen LogP contribution is 2.15. The molecule has 19 heavy (non-hydrogen) atoms. The van der Waals surface area contributed by atoms with Crippen molar-refractivity contribution < 1.29 is 13.5 Å². The fourth-order valence-corrected chi connectivity index (χ4v) is 3.02. The Hall–Kier alpha value is -0.950. The van der Waals surface area contributed by atoms with Gasteiger partial charge in [0.05, 0.1) is 11.0 Å². The molecule has 108 valence electrons. The summed E-state index contributed by atoms with van der Waals surface area (Å²) in [4.78, 5) is 0.314. The van der Waals surface area contributed by atoms with Gasteiger partial charge in [-0.2, -0.15) is 0 Å². The molecule has 0 saturated carbocycles. The van der Waals surface area contributed by atoms with E-state index in [0.29, 0.717) is 24.5 Å². The summed E-state index contributed by atoms with van der Waals surface area (Å²) in [6.45, 7) is 6.61. The minimum absolute atomic E-state index is 0.294. The summed E-state index contributed by atoms with van der Waals surface area (Å²) in [7, 11) is -3.46. The minimum atomic E-state index is -3.46. The molecule has 0 bridgehead atoms. The van der Waals surface area contributed by atoms with Gasteiger partial charge in [-0.25, -0.2) is 13.1 Å². The summed E-state index contributed by atoms with van der Waals surface area (Å²) in [5.41, 5.74) is 1.78. The van der Waals surface area contributed by atoms with Gasteiger partial charge in [0.2, 0.25) is 10.0 Å². The Morgan fingerprint density at radius 2 is 1.95 bits per heavy atom. The highest BCUT2D eigenvalue weighted by molar-refractivity contribution is 7.89. The van der Waals surface area contributed by atoms with E-state index in [2.05, 4.69) is 10.0 Å². The molecule has 0 aliphatic rings. The standard InChI is InChI=1S/C13H22N2O3S/c1-10-4-5-13(11(2)8-10)19(17,18)15-7-6-14-9-12(3)16/h4-5,8,12,14-16H,6-7,9H2,1-3H3. The molecular formula is C13H22N2O3S. The van der Waals surface area contributed by atoms with E-state index >= 15 is 0 Å². The van der Waals surface area contributed by atoms with Crippen LogP contribution in [0.15, 0.2) is 23.1 Å². The first-order valence-corrected chi connectivity index (χ1v) is 7.77. The number of aryl methyl sites for hydroxylation is 2. The van der Waals surface area contributed by atoms with Gasteiger partial charge in [0.1, 0.15) is 0 Å². The third-order valence-electron chi connectivity index (χ3n) is 2.65. The van der Waals surface area contributed by atoms with E-state index in [0.717, 1.165) is 11.1 Å². The van der Waals surface area contributed by atoms with E-state index < -0.39 is 16.1 Å².